The minimum atomic E-state index is 0.285. The number of nitrogens with one attached hydrogen (secondary N) is 1. The Hall–Kier alpha value is -3.33. The summed E-state index contributed by atoms with van der Waals surface area (Å²) in [7, 11) is 3.34. The number of ether oxygens (including phenoxy) is 2. The summed E-state index contributed by atoms with van der Waals surface area (Å²) in [6.45, 7) is 1.82. The lowest BCUT2D eigenvalue weighted by atomic mass is 10.2. The number of benzene rings is 1. The van der Waals surface area contributed by atoms with Crippen molar-refractivity contribution in [3.63, 3.8) is 0 Å². The molecule has 1 saturated heterocycles. The molecule has 1 aliphatic heterocycles. The van der Waals surface area contributed by atoms with E-state index in [4.69, 9.17) is 14.6 Å². The Kier molecular flexibility index (Phi) is 4.88. The van der Waals surface area contributed by atoms with Crippen molar-refractivity contribution in [1.82, 2.24) is 19.8 Å². The van der Waals surface area contributed by atoms with Crippen LogP contribution in [0.25, 0.3) is 17.0 Å². The van der Waals surface area contributed by atoms with Crippen LogP contribution in [0.1, 0.15) is 6.42 Å². The van der Waals surface area contributed by atoms with Crippen LogP contribution in [-0.4, -0.2) is 53.2 Å². The molecule has 154 valence electrons. The van der Waals surface area contributed by atoms with Gasteiger partial charge in [-0.1, -0.05) is 0 Å². The minimum Gasteiger partial charge on any atom is -0.497 e. The summed E-state index contributed by atoms with van der Waals surface area (Å²) >= 11 is 1.63. The topological polar surface area (TPSA) is 76.8 Å². The molecule has 8 nitrogen and oxygen atoms in total. The normalized spacial score (nSPS) is 16.2. The van der Waals surface area contributed by atoms with Gasteiger partial charge in [-0.25, -0.2) is 0 Å². The number of anilines is 2. The van der Waals surface area contributed by atoms with Gasteiger partial charge in [0.2, 0.25) is 0 Å². The maximum Gasteiger partial charge on any atom is 0.186 e. The largest absolute Gasteiger partial charge is 0.497 e. The van der Waals surface area contributed by atoms with Crippen molar-refractivity contribution < 1.29 is 9.47 Å². The second-order valence-corrected chi connectivity index (χ2v) is 7.95. The van der Waals surface area contributed by atoms with Crippen molar-refractivity contribution in [3.8, 4) is 22.9 Å². The predicted molar refractivity (Wildman–Crippen MR) is 118 cm³/mol. The zero-order chi connectivity index (χ0) is 20.5. The Morgan fingerprint density at radius 2 is 1.90 bits per heavy atom. The molecule has 0 aliphatic carbocycles. The molecule has 1 aromatic carbocycles. The molecule has 4 heterocycles. The highest BCUT2D eigenvalue weighted by molar-refractivity contribution is 7.08. The van der Waals surface area contributed by atoms with Crippen molar-refractivity contribution in [2.24, 2.45) is 0 Å². The smallest absolute Gasteiger partial charge is 0.186 e. The van der Waals surface area contributed by atoms with Crippen LogP contribution in [0.3, 0.4) is 0 Å². The zero-order valence-electron chi connectivity index (χ0n) is 16.8. The van der Waals surface area contributed by atoms with Gasteiger partial charge in [0.05, 0.1) is 14.2 Å². The summed E-state index contributed by atoms with van der Waals surface area (Å²) in [6, 6.07) is 12.2. The SMILES string of the molecule is COc1cc(OC)cc(N2CCC(Nc3ccc4nnc(-c5ccsc5)n4n3)C2)c1. The molecule has 0 amide bonds. The van der Waals surface area contributed by atoms with Gasteiger partial charge in [-0.15, -0.1) is 15.3 Å². The predicted octanol–water partition coefficient (Wildman–Crippen LogP) is 3.56. The van der Waals surface area contributed by atoms with Gasteiger partial charge in [-0.3, -0.25) is 0 Å². The van der Waals surface area contributed by atoms with Crippen molar-refractivity contribution >= 4 is 28.5 Å². The van der Waals surface area contributed by atoms with Crippen LogP contribution in [0.15, 0.2) is 47.2 Å². The number of aromatic nitrogens is 4. The molecule has 30 heavy (non-hydrogen) atoms. The number of hydrogen-bond donors (Lipinski definition) is 1. The van der Waals surface area contributed by atoms with E-state index in [1.54, 1.807) is 30.1 Å². The van der Waals surface area contributed by atoms with Crippen molar-refractivity contribution in [2.45, 2.75) is 12.5 Å². The number of hydrogen-bond acceptors (Lipinski definition) is 8. The first-order valence-corrected chi connectivity index (χ1v) is 10.7. The van der Waals surface area contributed by atoms with E-state index in [1.807, 2.05) is 41.8 Å². The van der Waals surface area contributed by atoms with Crippen LogP contribution in [0, 0.1) is 0 Å². The van der Waals surface area contributed by atoms with Gasteiger partial charge in [0.15, 0.2) is 11.5 Å². The molecular formula is C21H22N6O2S. The van der Waals surface area contributed by atoms with Crippen LogP contribution < -0.4 is 19.7 Å². The Morgan fingerprint density at radius 1 is 1.07 bits per heavy atom. The van der Waals surface area contributed by atoms with E-state index in [9.17, 15) is 0 Å². The molecule has 0 bridgehead atoms. The molecule has 1 aliphatic rings. The first-order chi connectivity index (χ1) is 14.7. The highest BCUT2D eigenvalue weighted by atomic mass is 32.1. The molecule has 5 rings (SSSR count). The number of methoxy groups -OCH3 is 2. The molecule has 1 unspecified atom stereocenters. The van der Waals surface area contributed by atoms with Crippen LogP contribution in [-0.2, 0) is 0 Å². The fourth-order valence-electron chi connectivity index (χ4n) is 3.73. The van der Waals surface area contributed by atoms with Gasteiger partial charge in [0.1, 0.15) is 17.3 Å². The minimum absolute atomic E-state index is 0.285. The highest BCUT2D eigenvalue weighted by Gasteiger charge is 2.24. The average molecular weight is 423 g/mol. The first kappa shape index (κ1) is 18.7. The number of fused-ring (bicyclic) bond motifs is 1. The van der Waals surface area contributed by atoms with E-state index in [0.717, 1.165) is 59.5 Å². The Balaban J connectivity index is 1.34. The van der Waals surface area contributed by atoms with E-state index in [-0.39, 0.29) is 6.04 Å². The monoisotopic (exact) mass is 422 g/mol. The summed E-state index contributed by atoms with van der Waals surface area (Å²) in [4.78, 5) is 2.33. The summed E-state index contributed by atoms with van der Waals surface area (Å²) in [6.07, 6.45) is 1.01. The van der Waals surface area contributed by atoms with E-state index >= 15 is 0 Å². The Bertz CT molecular complexity index is 1140. The van der Waals surface area contributed by atoms with Crippen molar-refractivity contribution in [3.05, 3.63) is 47.2 Å². The molecule has 0 radical (unpaired) electrons. The standard InChI is InChI=1S/C21H22N6O2S/c1-28-17-9-16(10-18(11-17)29-2)26-7-5-15(12-26)22-19-3-4-20-23-24-21(27(20)25-19)14-6-8-30-13-14/h3-4,6,8-11,13,15H,5,7,12H2,1-2H3,(H,22,25). The first-order valence-electron chi connectivity index (χ1n) is 9.73. The molecule has 4 aromatic rings. The molecule has 9 heteroatoms. The van der Waals surface area contributed by atoms with Gasteiger partial charge >= 0.3 is 0 Å². The lowest BCUT2D eigenvalue weighted by Crippen LogP contribution is -2.26. The quantitative estimate of drug-likeness (QED) is 0.509. The highest BCUT2D eigenvalue weighted by Crippen LogP contribution is 2.31. The van der Waals surface area contributed by atoms with Gasteiger partial charge in [0, 0.05) is 54.0 Å². The summed E-state index contributed by atoms with van der Waals surface area (Å²) < 4.78 is 12.6. The van der Waals surface area contributed by atoms with E-state index < -0.39 is 0 Å². The van der Waals surface area contributed by atoms with Crippen LogP contribution >= 0.6 is 11.3 Å². The second kappa shape index (κ2) is 7.83. The fourth-order valence-corrected chi connectivity index (χ4v) is 4.37. The average Bonchev–Trinajstić information content (AvgIpc) is 3.53. The second-order valence-electron chi connectivity index (χ2n) is 7.17. The van der Waals surface area contributed by atoms with Gasteiger partial charge in [0.25, 0.3) is 0 Å². The Labute approximate surface area is 178 Å². The maximum atomic E-state index is 5.41. The van der Waals surface area contributed by atoms with Crippen LogP contribution in [0.4, 0.5) is 11.5 Å². The molecular weight excluding hydrogens is 400 g/mol. The molecule has 1 fully saturated rings. The van der Waals surface area contributed by atoms with Crippen LogP contribution in [0.2, 0.25) is 0 Å². The van der Waals surface area contributed by atoms with Crippen molar-refractivity contribution in [2.75, 3.05) is 37.5 Å². The van der Waals surface area contributed by atoms with Crippen LogP contribution in [0.5, 0.6) is 11.5 Å². The number of rotatable bonds is 6. The zero-order valence-corrected chi connectivity index (χ0v) is 17.6. The third kappa shape index (κ3) is 3.52. The third-order valence-electron chi connectivity index (χ3n) is 5.28. The third-order valence-corrected chi connectivity index (χ3v) is 5.97. The summed E-state index contributed by atoms with van der Waals surface area (Å²) in [5, 5.41) is 20.9. The number of nitrogens with zero attached hydrogens (tertiary/aromatic N) is 5. The van der Waals surface area contributed by atoms with E-state index in [1.165, 1.54) is 0 Å². The number of thiophene rings is 1. The molecule has 1 atom stereocenters. The Morgan fingerprint density at radius 3 is 2.63 bits per heavy atom. The van der Waals surface area contributed by atoms with Gasteiger partial charge < -0.3 is 19.7 Å². The summed E-state index contributed by atoms with van der Waals surface area (Å²) in [5.74, 6) is 3.16. The van der Waals surface area contributed by atoms with E-state index in [2.05, 4.69) is 25.8 Å². The lowest BCUT2D eigenvalue weighted by Gasteiger charge is -2.20. The lowest BCUT2D eigenvalue weighted by molar-refractivity contribution is 0.394. The fraction of sp³-hybridized carbons (Fsp3) is 0.286. The molecule has 1 N–H and O–H groups in total. The molecule has 0 spiro atoms. The van der Waals surface area contributed by atoms with Gasteiger partial charge in [-0.2, -0.15) is 15.9 Å². The molecule has 3 aromatic heterocycles. The van der Waals surface area contributed by atoms with Gasteiger partial charge in [-0.05, 0) is 30.0 Å². The summed E-state index contributed by atoms with van der Waals surface area (Å²) in [5.41, 5.74) is 2.85. The molecule has 0 saturated carbocycles. The maximum absolute atomic E-state index is 5.41. The van der Waals surface area contributed by atoms with Crippen molar-refractivity contribution in [1.29, 1.82) is 0 Å². The van der Waals surface area contributed by atoms with E-state index in [0.29, 0.717) is 0 Å².